The second kappa shape index (κ2) is 6.15. The molecule has 116 valence electrons. The maximum absolute atomic E-state index is 13.6. The van der Waals surface area contributed by atoms with Crippen LogP contribution in [-0.4, -0.2) is 14.3 Å². The van der Waals surface area contributed by atoms with Crippen LogP contribution in [0.5, 0.6) is 0 Å². The van der Waals surface area contributed by atoms with E-state index in [0.29, 0.717) is 5.69 Å². The summed E-state index contributed by atoms with van der Waals surface area (Å²) < 4.78 is 40.3. The maximum atomic E-state index is 13.6. The summed E-state index contributed by atoms with van der Waals surface area (Å²) in [6, 6.07) is 9.76. The Kier molecular flexibility index (Phi) is 4.46. The van der Waals surface area contributed by atoms with Gasteiger partial charge in [0.15, 0.2) is 0 Å². The lowest BCUT2D eigenvalue weighted by Crippen LogP contribution is -2.14. The van der Waals surface area contributed by atoms with E-state index in [4.69, 9.17) is 0 Å². The molecule has 2 aromatic carbocycles. The minimum Gasteiger partial charge on any atom is -0.326 e. The number of nitrogens with one attached hydrogen (secondary N) is 2. The lowest BCUT2D eigenvalue weighted by atomic mass is 10.2. The molecule has 0 aromatic heterocycles. The number of carbonyl (C=O) groups excluding carboxylic acids is 1. The van der Waals surface area contributed by atoms with Crippen LogP contribution in [0, 0.1) is 12.7 Å². The first-order valence-electron chi connectivity index (χ1n) is 6.44. The van der Waals surface area contributed by atoms with Gasteiger partial charge in [-0.2, -0.15) is 0 Å². The molecule has 0 aliphatic rings. The van der Waals surface area contributed by atoms with Gasteiger partial charge in [-0.05, 0) is 48.9 Å². The minimum atomic E-state index is -3.90. The zero-order valence-corrected chi connectivity index (χ0v) is 12.9. The van der Waals surface area contributed by atoms with Crippen molar-refractivity contribution in [2.75, 3.05) is 10.0 Å². The van der Waals surface area contributed by atoms with Gasteiger partial charge in [0.25, 0.3) is 10.0 Å². The molecule has 0 aliphatic heterocycles. The third kappa shape index (κ3) is 3.82. The fraction of sp³-hybridized carbons (Fsp3) is 0.133. The molecule has 0 radical (unpaired) electrons. The van der Waals surface area contributed by atoms with Gasteiger partial charge in [-0.3, -0.25) is 9.52 Å². The Balaban J connectivity index is 2.26. The molecule has 2 rings (SSSR count). The average Bonchev–Trinajstić information content (AvgIpc) is 2.42. The second-order valence-electron chi connectivity index (χ2n) is 4.79. The van der Waals surface area contributed by atoms with Crippen LogP contribution < -0.4 is 10.0 Å². The molecule has 0 bridgehead atoms. The molecular formula is C15H15FN2O3S. The van der Waals surface area contributed by atoms with Crippen molar-refractivity contribution in [3.8, 4) is 0 Å². The lowest BCUT2D eigenvalue weighted by Gasteiger charge is -2.10. The van der Waals surface area contributed by atoms with Crippen molar-refractivity contribution in [3.63, 3.8) is 0 Å². The first-order valence-corrected chi connectivity index (χ1v) is 7.93. The quantitative estimate of drug-likeness (QED) is 0.909. The molecule has 0 atom stereocenters. The molecular weight excluding hydrogens is 307 g/mol. The van der Waals surface area contributed by atoms with Crippen molar-refractivity contribution < 1.29 is 17.6 Å². The molecule has 0 fully saturated rings. The summed E-state index contributed by atoms with van der Waals surface area (Å²) in [6.07, 6.45) is 0. The molecule has 2 aromatic rings. The van der Waals surface area contributed by atoms with Crippen molar-refractivity contribution in [1.82, 2.24) is 0 Å². The summed E-state index contributed by atoms with van der Waals surface area (Å²) in [5.74, 6) is -0.903. The molecule has 0 spiro atoms. The van der Waals surface area contributed by atoms with Crippen molar-refractivity contribution in [1.29, 1.82) is 0 Å². The van der Waals surface area contributed by atoms with Gasteiger partial charge in [0.2, 0.25) is 5.91 Å². The van der Waals surface area contributed by atoms with E-state index >= 15 is 0 Å². The summed E-state index contributed by atoms with van der Waals surface area (Å²) in [5.41, 5.74) is 1.11. The normalized spacial score (nSPS) is 11.0. The fourth-order valence-electron chi connectivity index (χ4n) is 1.84. The minimum absolute atomic E-state index is 0.0255. The largest absolute Gasteiger partial charge is 0.326 e. The number of sulfonamides is 1. The predicted molar refractivity (Wildman–Crippen MR) is 82.7 cm³/mol. The molecule has 0 saturated heterocycles. The van der Waals surface area contributed by atoms with Crippen molar-refractivity contribution in [3.05, 3.63) is 53.8 Å². The Morgan fingerprint density at radius 1 is 1.09 bits per heavy atom. The molecule has 0 unspecified atom stereocenters. The van der Waals surface area contributed by atoms with E-state index in [0.717, 1.165) is 5.56 Å². The number of aryl methyl sites for hydroxylation is 1. The highest BCUT2D eigenvalue weighted by atomic mass is 32.2. The molecule has 2 N–H and O–H groups in total. The van der Waals surface area contributed by atoms with E-state index in [1.165, 1.54) is 43.3 Å². The van der Waals surface area contributed by atoms with Crippen LogP contribution in [0.2, 0.25) is 0 Å². The summed E-state index contributed by atoms with van der Waals surface area (Å²) in [4.78, 5) is 10.9. The van der Waals surface area contributed by atoms with E-state index < -0.39 is 15.8 Å². The molecule has 5 nitrogen and oxygen atoms in total. The zero-order valence-electron chi connectivity index (χ0n) is 12.1. The van der Waals surface area contributed by atoms with Gasteiger partial charge in [0, 0.05) is 12.6 Å². The standard InChI is InChI=1S/C15H15FN2O3S/c1-10-3-8-14(16)15(9-10)18-22(20,21)13-6-4-12(5-7-13)17-11(2)19/h3-9,18H,1-2H3,(H,17,19). The van der Waals surface area contributed by atoms with E-state index in [2.05, 4.69) is 10.0 Å². The number of anilines is 2. The molecule has 0 aliphatic carbocycles. The number of carbonyl (C=O) groups is 1. The molecule has 0 saturated carbocycles. The summed E-state index contributed by atoms with van der Waals surface area (Å²) in [5, 5.41) is 2.54. The van der Waals surface area contributed by atoms with Gasteiger partial charge in [0.1, 0.15) is 5.82 Å². The van der Waals surface area contributed by atoms with Crippen LogP contribution >= 0.6 is 0 Å². The van der Waals surface area contributed by atoms with E-state index in [-0.39, 0.29) is 16.5 Å². The van der Waals surface area contributed by atoms with Crippen LogP contribution in [0.4, 0.5) is 15.8 Å². The highest BCUT2D eigenvalue weighted by Gasteiger charge is 2.16. The Morgan fingerprint density at radius 3 is 2.32 bits per heavy atom. The first-order chi connectivity index (χ1) is 10.3. The zero-order chi connectivity index (χ0) is 16.3. The molecule has 0 heterocycles. The summed E-state index contributed by atoms with van der Waals surface area (Å²) in [6.45, 7) is 3.09. The fourth-order valence-corrected chi connectivity index (χ4v) is 2.90. The van der Waals surface area contributed by atoms with Gasteiger partial charge in [-0.15, -0.1) is 0 Å². The van der Waals surface area contributed by atoms with Crippen LogP contribution in [0.1, 0.15) is 12.5 Å². The van der Waals surface area contributed by atoms with Gasteiger partial charge < -0.3 is 5.32 Å². The van der Waals surface area contributed by atoms with Crippen molar-refractivity contribution in [2.45, 2.75) is 18.7 Å². The third-order valence-electron chi connectivity index (χ3n) is 2.85. The first kappa shape index (κ1) is 16.0. The predicted octanol–water partition coefficient (Wildman–Crippen LogP) is 2.89. The van der Waals surface area contributed by atoms with E-state index in [1.807, 2.05) is 0 Å². The summed E-state index contributed by atoms with van der Waals surface area (Å²) in [7, 11) is -3.90. The van der Waals surface area contributed by atoms with Crippen LogP contribution in [0.25, 0.3) is 0 Å². The Morgan fingerprint density at radius 2 is 1.73 bits per heavy atom. The molecule has 22 heavy (non-hydrogen) atoms. The second-order valence-corrected chi connectivity index (χ2v) is 6.48. The lowest BCUT2D eigenvalue weighted by molar-refractivity contribution is -0.114. The monoisotopic (exact) mass is 322 g/mol. The van der Waals surface area contributed by atoms with E-state index in [1.54, 1.807) is 13.0 Å². The van der Waals surface area contributed by atoms with Crippen LogP contribution in [0.15, 0.2) is 47.4 Å². The maximum Gasteiger partial charge on any atom is 0.261 e. The summed E-state index contributed by atoms with van der Waals surface area (Å²) >= 11 is 0. The molecule has 1 amide bonds. The smallest absolute Gasteiger partial charge is 0.261 e. The number of hydrogen-bond acceptors (Lipinski definition) is 3. The SMILES string of the molecule is CC(=O)Nc1ccc(S(=O)(=O)Nc2cc(C)ccc2F)cc1. The number of hydrogen-bond donors (Lipinski definition) is 2. The number of amides is 1. The Labute approximate surface area is 128 Å². The number of rotatable bonds is 4. The third-order valence-corrected chi connectivity index (χ3v) is 4.23. The highest BCUT2D eigenvalue weighted by Crippen LogP contribution is 2.21. The van der Waals surface area contributed by atoms with Gasteiger partial charge >= 0.3 is 0 Å². The topological polar surface area (TPSA) is 75.3 Å². The van der Waals surface area contributed by atoms with E-state index in [9.17, 15) is 17.6 Å². The van der Waals surface area contributed by atoms with Gasteiger partial charge in [-0.1, -0.05) is 6.07 Å². The van der Waals surface area contributed by atoms with Crippen LogP contribution in [-0.2, 0) is 14.8 Å². The highest BCUT2D eigenvalue weighted by molar-refractivity contribution is 7.92. The van der Waals surface area contributed by atoms with Gasteiger partial charge in [-0.25, -0.2) is 12.8 Å². The average molecular weight is 322 g/mol. The van der Waals surface area contributed by atoms with Crippen LogP contribution in [0.3, 0.4) is 0 Å². The molecule has 7 heteroatoms. The van der Waals surface area contributed by atoms with Crippen molar-refractivity contribution >= 4 is 27.3 Å². The van der Waals surface area contributed by atoms with Gasteiger partial charge in [0.05, 0.1) is 10.6 Å². The number of halogens is 1. The Bertz CT molecular complexity index is 802. The van der Waals surface area contributed by atoms with Crippen molar-refractivity contribution in [2.24, 2.45) is 0 Å². The number of benzene rings is 2. The Hall–Kier alpha value is -2.41.